The Morgan fingerprint density at radius 2 is 1.80 bits per heavy atom. The van der Waals surface area contributed by atoms with Crippen molar-refractivity contribution >= 4 is 11.4 Å². The van der Waals surface area contributed by atoms with Gasteiger partial charge in [0.2, 0.25) is 0 Å². The van der Waals surface area contributed by atoms with E-state index in [2.05, 4.69) is 78.7 Å². The Bertz CT molecular complexity index is 1070. The summed E-state index contributed by atoms with van der Waals surface area (Å²) in [5, 5.41) is 15.7. The molecule has 1 aliphatic rings. The Labute approximate surface area is 211 Å². The number of pyridine rings is 1. The van der Waals surface area contributed by atoms with Crippen molar-refractivity contribution in [3.63, 3.8) is 0 Å². The lowest BCUT2D eigenvalue weighted by molar-refractivity contribution is 0.149. The summed E-state index contributed by atoms with van der Waals surface area (Å²) in [6, 6.07) is 8.63. The van der Waals surface area contributed by atoms with E-state index in [0.29, 0.717) is 22.9 Å². The largest absolute Gasteiger partial charge is 0.381 e. The minimum atomic E-state index is 0.319. The molecule has 0 amide bonds. The molecule has 0 bridgehead atoms. The van der Waals surface area contributed by atoms with Crippen LogP contribution in [0.15, 0.2) is 61.3 Å². The Morgan fingerprint density at radius 1 is 1.11 bits per heavy atom. The zero-order valence-corrected chi connectivity index (χ0v) is 22.3. The molecule has 0 unspecified atom stereocenters. The average Bonchev–Trinajstić information content (AvgIpc) is 2.79. The van der Waals surface area contributed by atoms with E-state index in [9.17, 15) is 0 Å². The number of aryl methyl sites for hydroxylation is 1. The summed E-state index contributed by atoms with van der Waals surface area (Å²) in [6.45, 7) is 20.5. The van der Waals surface area contributed by atoms with E-state index in [4.69, 9.17) is 5.41 Å². The molecule has 0 atom stereocenters. The van der Waals surface area contributed by atoms with Crippen molar-refractivity contribution in [1.82, 2.24) is 20.1 Å². The molecule has 1 aromatic carbocycles. The second-order valence-corrected chi connectivity index (χ2v) is 11.1. The van der Waals surface area contributed by atoms with Gasteiger partial charge in [-0.1, -0.05) is 46.1 Å². The molecule has 0 spiro atoms. The zero-order chi connectivity index (χ0) is 25.8. The van der Waals surface area contributed by atoms with E-state index in [1.165, 1.54) is 0 Å². The molecule has 6 nitrogen and oxygen atoms in total. The first-order valence-corrected chi connectivity index (χ1v) is 12.4. The fraction of sp³-hybridized carbons (Fsp3) is 0.448. The van der Waals surface area contributed by atoms with E-state index >= 15 is 0 Å². The number of hydrogen-bond donors (Lipinski definition) is 3. The topological polar surface area (TPSA) is 67.3 Å². The lowest BCUT2D eigenvalue weighted by Crippen LogP contribution is -2.45. The van der Waals surface area contributed by atoms with Crippen molar-refractivity contribution in [2.45, 2.75) is 46.6 Å². The Balaban J connectivity index is 1.68. The van der Waals surface area contributed by atoms with Crippen LogP contribution < -0.4 is 10.6 Å². The van der Waals surface area contributed by atoms with Crippen molar-refractivity contribution in [3.8, 4) is 11.1 Å². The number of benzene rings is 1. The first-order valence-electron chi connectivity index (χ1n) is 12.4. The van der Waals surface area contributed by atoms with E-state index in [-0.39, 0.29) is 0 Å². The number of hydrogen-bond acceptors (Lipinski definition) is 6. The van der Waals surface area contributed by atoms with Gasteiger partial charge in [-0.15, -0.1) is 0 Å². The molecule has 0 aliphatic carbocycles. The summed E-state index contributed by atoms with van der Waals surface area (Å²) >= 11 is 0. The van der Waals surface area contributed by atoms with Gasteiger partial charge in [-0.2, -0.15) is 0 Å². The second-order valence-electron chi connectivity index (χ2n) is 11.1. The molecule has 1 aromatic heterocycles. The number of allylic oxidation sites excluding steroid dienone is 1. The van der Waals surface area contributed by atoms with Crippen molar-refractivity contribution in [1.29, 1.82) is 5.41 Å². The number of anilines is 1. The molecule has 2 heterocycles. The third-order valence-electron chi connectivity index (χ3n) is 6.37. The fourth-order valence-electron chi connectivity index (χ4n) is 4.40. The number of piperidine rings is 1. The molecule has 3 N–H and O–H groups in total. The van der Waals surface area contributed by atoms with Gasteiger partial charge >= 0.3 is 0 Å². The fourth-order valence-corrected chi connectivity index (χ4v) is 4.40. The maximum atomic E-state index is 8.88. The van der Waals surface area contributed by atoms with Crippen LogP contribution in [0.25, 0.3) is 11.1 Å². The van der Waals surface area contributed by atoms with E-state index < -0.39 is 0 Å². The molecule has 0 radical (unpaired) electrons. The number of likely N-dealkylation sites (tertiary alicyclic amines) is 1. The van der Waals surface area contributed by atoms with Crippen LogP contribution >= 0.6 is 0 Å². The van der Waals surface area contributed by atoms with Crippen LogP contribution in [-0.4, -0.2) is 60.3 Å². The molecule has 1 aliphatic heterocycles. The summed E-state index contributed by atoms with van der Waals surface area (Å²) < 4.78 is 0. The normalized spacial score (nSPS) is 14.9. The average molecular weight is 475 g/mol. The highest BCUT2D eigenvalue weighted by atomic mass is 15.2. The number of rotatable bonds is 9. The van der Waals surface area contributed by atoms with Crippen LogP contribution in [0.4, 0.5) is 5.69 Å². The summed E-state index contributed by atoms with van der Waals surface area (Å²) in [5.41, 5.74) is 6.29. The maximum Gasteiger partial charge on any atom is 0.0978 e. The molecule has 35 heavy (non-hydrogen) atoms. The van der Waals surface area contributed by atoms with Crippen LogP contribution in [0.1, 0.15) is 44.7 Å². The lowest BCUT2D eigenvalue weighted by atomic mass is 9.93. The second kappa shape index (κ2) is 11.1. The standard InChI is InChI=1S/C29H42N6/c1-20-9-10-23(24-15-26(18-31-17-24)33-22(3)34(7)8)16-27(20)28(30)21(2)32-25-11-13-35(14-12-25)19-29(4,5)6/h9-10,15-18,25,30,32-33H,2-3,11-14,19H2,1,4-8H3. The van der Waals surface area contributed by atoms with Crippen molar-refractivity contribution in [3.05, 3.63) is 72.5 Å². The number of nitrogens with one attached hydrogen (secondary N) is 3. The van der Waals surface area contributed by atoms with Crippen LogP contribution in [0, 0.1) is 17.7 Å². The summed E-state index contributed by atoms with van der Waals surface area (Å²) in [5.74, 6) is 0.793. The molecule has 0 saturated carbocycles. The van der Waals surface area contributed by atoms with Crippen molar-refractivity contribution in [2.75, 3.05) is 39.0 Å². The van der Waals surface area contributed by atoms with Gasteiger partial charge in [0.15, 0.2) is 0 Å². The predicted octanol–water partition coefficient (Wildman–Crippen LogP) is 5.48. The van der Waals surface area contributed by atoms with Crippen LogP contribution in [0.5, 0.6) is 0 Å². The Hall–Kier alpha value is -3.12. The zero-order valence-electron chi connectivity index (χ0n) is 22.3. The highest BCUT2D eigenvalue weighted by Crippen LogP contribution is 2.26. The summed E-state index contributed by atoms with van der Waals surface area (Å²) in [7, 11) is 3.89. The van der Waals surface area contributed by atoms with E-state index in [0.717, 1.165) is 66.2 Å². The minimum Gasteiger partial charge on any atom is -0.381 e. The van der Waals surface area contributed by atoms with Gasteiger partial charge < -0.3 is 20.4 Å². The highest BCUT2D eigenvalue weighted by molar-refractivity contribution is 6.11. The van der Waals surface area contributed by atoms with Crippen LogP contribution in [0.2, 0.25) is 0 Å². The highest BCUT2D eigenvalue weighted by Gasteiger charge is 2.24. The van der Waals surface area contributed by atoms with E-state index in [1.807, 2.05) is 32.1 Å². The quantitative estimate of drug-likeness (QED) is 0.420. The monoisotopic (exact) mass is 474 g/mol. The molecule has 1 fully saturated rings. The SMILES string of the molecule is C=C(NC1CCN(CC(C)(C)C)CC1)C(=N)c1cc(-c2cncc(NC(=C)N(C)C)c2)ccc1C. The van der Waals surface area contributed by atoms with Gasteiger partial charge in [-0.05, 0) is 48.4 Å². The predicted molar refractivity (Wildman–Crippen MR) is 149 cm³/mol. The number of aromatic nitrogens is 1. The molecule has 6 heteroatoms. The van der Waals surface area contributed by atoms with Crippen LogP contribution in [-0.2, 0) is 0 Å². The van der Waals surface area contributed by atoms with Gasteiger partial charge in [0, 0.05) is 57.1 Å². The summed E-state index contributed by atoms with van der Waals surface area (Å²) in [4.78, 5) is 8.87. The van der Waals surface area contributed by atoms with Gasteiger partial charge in [0.25, 0.3) is 0 Å². The Kier molecular flexibility index (Phi) is 8.39. The first-order chi connectivity index (χ1) is 16.4. The van der Waals surface area contributed by atoms with E-state index in [1.54, 1.807) is 6.20 Å². The molecule has 2 aromatic rings. The smallest absolute Gasteiger partial charge is 0.0978 e. The van der Waals surface area contributed by atoms with Crippen molar-refractivity contribution < 1.29 is 0 Å². The third kappa shape index (κ3) is 7.43. The van der Waals surface area contributed by atoms with Crippen molar-refractivity contribution in [2.24, 2.45) is 5.41 Å². The number of nitrogens with zero attached hydrogens (tertiary/aromatic N) is 3. The van der Waals surface area contributed by atoms with Gasteiger partial charge in [-0.3, -0.25) is 10.4 Å². The molecular weight excluding hydrogens is 432 g/mol. The minimum absolute atomic E-state index is 0.319. The summed E-state index contributed by atoms with van der Waals surface area (Å²) in [6.07, 6.45) is 5.78. The Morgan fingerprint density at radius 3 is 2.43 bits per heavy atom. The molecular formula is C29H42N6. The van der Waals surface area contributed by atoms with Crippen LogP contribution in [0.3, 0.4) is 0 Å². The van der Waals surface area contributed by atoms with Gasteiger partial charge in [-0.25, -0.2) is 0 Å². The third-order valence-corrected chi connectivity index (χ3v) is 6.37. The van der Waals surface area contributed by atoms with Gasteiger partial charge in [0.05, 0.1) is 29.1 Å². The molecule has 1 saturated heterocycles. The maximum absolute atomic E-state index is 8.88. The lowest BCUT2D eigenvalue weighted by Gasteiger charge is -2.36. The molecule has 188 valence electrons. The van der Waals surface area contributed by atoms with Gasteiger partial charge in [0.1, 0.15) is 0 Å². The first kappa shape index (κ1) is 26.5. The molecule has 3 rings (SSSR count).